The molecule has 1 heterocycles. The summed E-state index contributed by atoms with van der Waals surface area (Å²) in [6.45, 7) is 4.45. The highest BCUT2D eigenvalue weighted by Crippen LogP contribution is 2.25. The Morgan fingerprint density at radius 2 is 1.79 bits per heavy atom. The van der Waals surface area contributed by atoms with E-state index < -0.39 is 0 Å². The van der Waals surface area contributed by atoms with Crippen LogP contribution in [0.3, 0.4) is 0 Å². The van der Waals surface area contributed by atoms with Crippen molar-refractivity contribution in [2.24, 2.45) is 5.92 Å². The van der Waals surface area contributed by atoms with Crippen LogP contribution in [0.1, 0.15) is 38.3 Å². The van der Waals surface area contributed by atoms with E-state index in [0.717, 1.165) is 0 Å². The number of aromatic nitrogens is 2. The monoisotopic (exact) mass is 193 g/mol. The highest BCUT2D eigenvalue weighted by atomic mass is 14.9. The maximum atomic E-state index is 4.05. The minimum Gasteiger partial charge on any atom is -0.313 e. The Balaban J connectivity index is 2.81. The van der Waals surface area contributed by atoms with Gasteiger partial charge in [-0.2, -0.15) is 0 Å². The largest absolute Gasteiger partial charge is 0.313 e. The number of hydrogen-bond acceptors (Lipinski definition) is 3. The second-order valence-corrected chi connectivity index (χ2v) is 3.51. The molecule has 1 atom stereocenters. The molecule has 0 saturated carbocycles. The summed E-state index contributed by atoms with van der Waals surface area (Å²) in [7, 11) is 2.00. The zero-order valence-corrected chi connectivity index (χ0v) is 9.20. The molecule has 1 unspecified atom stereocenters. The number of hydrogen-bond donors (Lipinski definition) is 1. The molecule has 1 rings (SSSR count). The fourth-order valence-corrected chi connectivity index (χ4v) is 1.91. The molecule has 1 aromatic rings. The SMILES string of the molecule is CCC(CC)C(NC)c1cncnc1. The van der Waals surface area contributed by atoms with Gasteiger partial charge < -0.3 is 5.32 Å². The van der Waals surface area contributed by atoms with E-state index in [-0.39, 0.29) is 0 Å². The first kappa shape index (κ1) is 11.1. The van der Waals surface area contributed by atoms with Gasteiger partial charge in [0.15, 0.2) is 0 Å². The number of nitrogens with one attached hydrogen (secondary N) is 1. The van der Waals surface area contributed by atoms with Crippen LogP contribution < -0.4 is 5.32 Å². The van der Waals surface area contributed by atoms with Crippen molar-refractivity contribution in [2.75, 3.05) is 7.05 Å². The zero-order valence-electron chi connectivity index (χ0n) is 9.20. The van der Waals surface area contributed by atoms with Crippen LogP contribution in [0.15, 0.2) is 18.7 Å². The van der Waals surface area contributed by atoms with E-state index >= 15 is 0 Å². The topological polar surface area (TPSA) is 37.8 Å². The van der Waals surface area contributed by atoms with Gasteiger partial charge in [0.1, 0.15) is 6.33 Å². The lowest BCUT2D eigenvalue weighted by atomic mass is 9.90. The summed E-state index contributed by atoms with van der Waals surface area (Å²) >= 11 is 0. The van der Waals surface area contributed by atoms with Crippen molar-refractivity contribution in [3.8, 4) is 0 Å². The quantitative estimate of drug-likeness (QED) is 0.778. The summed E-state index contributed by atoms with van der Waals surface area (Å²) in [5.41, 5.74) is 1.18. The molecule has 0 aliphatic rings. The second kappa shape index (κ2) is 5.70. The number of nitrogens with zero attached hydrogens (tertiary/aromatic N) is 2. The molecule has 0 aromatic carbocycles. The van der Waals surface area contributed by atoms with E-state index in [4.69, 9.17) is 0 Å². The molecule has 1 aromatic heterocycles. The highest BCUT2D eigenvalue weighted by Gasteiger charge is 2.18. The van der Waals surface area contributed by atoms with Gasteiger partial charge in [0.2, 0.25) is 0 Å². The van der Waals surface area contributed by atoms with Crippen LogP contribution in [0.5, 0.6) is 0 Å². The maximum Gasteiger partial charge on any atom is 0.115 e. The highest BCUT2D eigenvalue weighted by molar-refractivity contribution is 5.10. The van der Waals surface area contributed by atoms with Gasteiger partial charge >= 0.3 is 0 Å². The molecule has 0 saturated heterocycles. The van der Waals surface area contributed by atoms with Crippen molar-refractivity contribution in [3.63, 3.8) is 0 Å². The molecular formula is C11H19N3. The predicted molar refractivity (Wildman–Crippen MR) is 57.9 cm³/mol. The molecule has 0 aliphatic carbocycles. The Hall–Kier alpha value is -0.960. The summed E-state index contributed by atoms with van der Waals surface area (Å²) in [4.78, 5) is 8.11. The normalized spacial score (nSPS) is 13.1. The van der Waals surface area contributed by atoms with Gasteiger partial charge in [-0.05, 0) is 13.0 Å². The molecule has 14 heavy (non-hydrogen) atoms. The van der Waals surface area contributed by atoms with Gasteiger partial charge in [-0.25, -0.2) is 9.97 Å². The van der Waals surface area contributed by atoms with Gasteiger partial charge in [0, 0.05) is 24.0 Å². The van der Waals surface area contributed by atoms with E-state index in [1.165, 1.54) is 18.4 Å². The fraction of sp³-hybridized carbons (Fsp3) is 0.636. The molecule has 0 spiro atoms. The predicted octanol–water partition coefficient (Wildman–Crippen LogP) is 2.17. The van der Waals surface area contributed by atoms with Crippen LogP contribution in [0.4, 0.5) is 0 Å². The summed E-state index contributed by atoms with van der Waals surface area (Å²) in [5, 5.41) is 3.34. The zero-order chi connectivity index (χ0) is 10.4. The Morgan fingerprint density at radius 3 is 2.21 bits per heavy atom. The van der Waals surface area contributed by atoms with Crippen LogP contribution >= 0.6 is 0 Å². The first-order valence-electron chi connectivity index (χ1n) is 5.25. The van der Waals surface area contributed by atoms with Crippen molar-refractivity contribution in [2.45, 2.75) is 32.7 Å². The molecule has 3 heteroatoms. The Labute approximate surface area is 86.0 Å². The minimum absolute atomic E-state index is 0.381. The van der Waals surface area contributed by atoms with E-state index in [1.807, 2.05) is 19.4 Å². The second-order valence-electron chi connectivity index (χ2n) is 3.51. The minimum atomic E-state index is 0.381. The van der Waals surface area contributed by atoms with Gasteiger partial charge in [0.25, 0.3) is 0 Å². The third-order valence-corrected chi connectivity index (χ3v) is 2.77. The Morgan fingerprint density at radius 1 is 1.21 bits per heavy atom. The van der Waals surface area contributed by atoms with E-state index in [9.17, 15) is 0 Å². The maximum absolute atomic E-state index is 4.05. The van der Waals surface area contributed by atoms with Crippen molar-refractivity contribution >= 4 is 0 Å². The number of rotatable bonds is 5. The van der Waals surface area contributed by atoms with E-state index in [0.29, 0.717) is 12.0 Å². The standard InChI is InChI=1S/C11H19N3/c1-4-9(5-2)11(12-3)10-6-13-8-14-7-10/h6-9,11-12H,4-5H2,1-3H3. The lowest BCUT2D eigenvalue weighted by molar-refractivity contribution is 0.358. The average Bonchev–Trinajstić information content (AvgIpc) is 2.27. The Bertz CT molecular complexity index is 244. The van der Waals surface area contributed by atoms with Gasteiger partial charge in [0.05, 0.1) is 0 Å². The van der Waals surface area contributed by atoms with Crippen molar-refractivity contribution in [3.05, 3.63) is 24.3 Å². The van der Waals surface area contributed by atoms with Crippen molar-refractivity contribution < 1.29 is 0 Å². The molecule has 3 nitrogen and oxygen atoms in total. The molecule has 0 bridgehead atoms. The van der Waals surface area contributed by atoms with Crippen LogP contribution in [0.2, 0.25) is 0 Å². The van der Waals surface area contributed by atoms with Crippen LogP contribution in [0, 0.1) is 5.92 Å². The lowest BCUT2D eigenvalue weighted by Gasteiger charge is -2.24. The molecule has 0 aliphatic heterocycles. The first-order valence-corrected chi connectivity index (χ1v) is 5.25. The van der Waals surface area contributed by atoms with Crippen LogP contribution in [-0.2, 0) is 0 Å². The van der Waals surface area contributed by atoms with E-state index in [2.05, 4.69) is 29.1 Å². The molecule has 0 radical (unpaired) electrons. The van der Waals surface area contributed by atoms with Crippen molar-refractivity contribution in [1.29, 1.82) is 0 Å². The summed E-state index contributed by atoms with van der Waals surface area (Å²) < 4.78 is 0. The fourth-order valence-electron chi connectivity index (χ4n) is 1.91. The van der Waals surface area contributed by atoms with Gasteiger partial charge in [-0.3, -0.25) is 0 Å². The average molecular weight is 193 g/mol. The summed E-state index contributed by atoms with van der Waals surface area (Å²) in [5.74, 6) is 0.658. The van der Waals surface area contributed by atoms with Crippen LogP contribution in [0.25, 0.3) is 0 Å². The molecule has 0 fully saturated rings. The molecule has 0 amide bonds. The third kappa shape index (κ3) is 2.51. The van der Waals surface area contributed by atoms with Crippen LogP contribution in [-0.4, -0.2) is 17.0 Å². The Kier molecular flexibility index (Phi) is 4.53. The summed E-state index contributed by atoms with van der Waals surface area (Å²) in [6.07, 6.45) is 7.72. The first-order chi connectivity index (χ1) is 6.83. The molecule has 78 valence electrons. The van der Waals surface area contributed by atoms with E-state index in [1.54, 1.807) is 6.33 Å². The summed E-state index contributed by atoms with van der Waals surface area (Å²) in [6, 6.07) is 0.381. The van der Waals surface area contributed by atoms with Gasteiger partial charge in [-0.1, -0.05) is 26.7 Å². The lowest BCUT2D eigenvalue weighted by Crippen LogP contribution is -2.24. The smallest absolute Gasteiger partial charge is 0.115 e. The van der Waals surface area contributed by atoms with Crippen molar-refractivity contribution in [1.82, 2.24) is 15.3 Å². The van der Waals surface area contributed by atoms with Gasteiger partial charge in [-0.15, -0.1) is 0 Å². The molecular weight excluding hydrogens is 174 g/mol. The molecule has 1 N–H and O–H groups in total. The third-order valence-electron chi connectivity index (χ3n) is 2.77.